The summed E-state index contributed by atoms with van der Waals surface area (Å²) in [4.78, 5) is 44.5. The summed E-state index contributed by atoms with van der Waals surface area (Å²) < 4.78 is 10.4. The maximum atomic E-state index is 13.3. The van der Waals surface area contributed by atoms with E-state index in [2.05, 4.69) is 15.6 Å². The van der Waals surface area contributed by atoms with Gasteiger partial charge in [0.25, 0.3) is 0 Å². The van der Waals surface area contributed by atoms with Gasteiger partial charge in [0.15, 0.2) is 0 Å². The molecule has 0 aliphatic rings. The van der Waals surface area contributed by atoms with Crippen LogP contribution >= 0.6 is 0 Å². The smallest absolute Gasteiger partial charge is 0.247 e. The predicted octanol–water partition coefficient (Wildman–Crippen LogP) is 2.94. The fourth-order valence-electron chi connectivity index (χ4n) is 3.29. The second-order valence-electron chi connectivity index (χ2n) is 8.76. The Balaban J connectivity index is 2.25. The third kappa shape index (κ3) is 8.47. The molecule has 0 spiro atoms. The predicted molar refractivity (Wildman–Crippen MR) is 129 cm³/mol. The topological polar surface area (TPSA) is 110 Å². The maximum Gasteiger partial charge on any atom is 0.247 e. The molecule has 0 unspecified atom stereocenters. The highest BCUT2D eigenvalue weighted by Gasteiger charge is 2.33. The number of ether oxygens (including phenoxy) is 2. The van der Waals surface area contributed by atoms with Gasteiger partial charge in [0.2, 0.25) is 17.7 Å². The Labute approximate surface area is 200 Å². The molecule has 1 aromatic heterocycles. The molecule has 0 radical (unpaired) electrons. The minimum atomic E-state index is -0.897. The molecule has 1 heterocycles. The Hall–Kier alpha value is -3.46. The quantitative estimate of drug-likeness (QED) is 0.523. The number of carbonyl (C=O) groups excluding carboxylic acids is 3. The van der Waals surface area contributed by atoms with Crippen molar-refractivity contribution < 1.29 is 23.9 Å². The molecule has 0 aliphatic carbocycles. The Morgan fingerprint density at radius 1 is 1.03 bits per heavy atom. The number of rotatable bonds is 11. The molecule has 2 rings (SSSR count). The number of amides is 3. The Morgan fingerprint density at radius 2 is 1.74 bits per heavy atom. The van der Waals surface area contributed by atoms with Gasteiger partial charge >= 0.3 is 0 Å². The average Bonchev–Trinajstić information content (AvgIpc) is 2.79. The molecule has 184 valence electrons. The highest BCUT2D eigenvalue weighted by Crippen LogP contribution is 2.25. The summed E-state index contributed by atoms with van der Waals surface area (Å²) >= 11 is 0. The number of hydrogen-bond donors (Lipinski definition) is 2. The highest BCUT2D eigenvalue weighted by molar-refractivity contribution is 5.94. The van der Waals surface area contributed by atoms with Crippen molar-refractivity contribution in [3.63, 3.8) is 0 Å². The molecule has 0 aliphatic heterocycles. The van der Waals surface area contributed by atoms with Crippen molar-refractivity contribution in [3.05, 3.63) is 54.2 Å². The van der Waals surface area contributed by atoms with Gasteiger partial charge in [-0.1, -0.05) is 18.2 Å². The van der Waals surface area contributed by atoms with E-state index in [4.69, 9.17) is 9.47 Å². The van der Waals surface area contributed by atoms with E-state index in [1.807, 2.05) is 20.8 Å². The SMILES string of the molecule is COCCN(C(=O)CCC(=O)Nc1ccccn1)[C@H](C(=O)NC(C)(C)C)c1ccc(OC)cc1. The number of benzene rings is 1. The van der Waals surface area contributed by atoms with E-state index < -0.39 is 11.6 Å². The molecular formula is C25H34N4O5. The van der Waals surface area contributed by atoms with Crippen molar-refractivity contribution in [2.75, 3.05) is 32.7 Å². The lowest BCUT2D eigenvalue weighted by Gasteiger charge is -2.33. The van der Waals surface area contributed by atoms with Crippen molar-refractivity contribution in [1.29, 1.82) is 0 Å². The normalized spacial score (nSPS) is 11.9. The first kappa shape index (κ1) is 26.8. The van der Waals surface area contributed by atoms with Gasteiger partial charge in [-0.25, -0.2) is 4.98 Å². The number of anilines is 1. The number of hydrogen-bond acceptors (Lipinski definition) is 6. The van der Waals surface area contributed by atoms with Crippen molar-refractivity contribution >= 4 is 23.5 Å². The molecule has 0 fully saturated rings. The first-order valence-corrected chi connectivity index (χ1v) is 11.1. The largest absolute Gasteiger partial charge is 0.497 e. The van der Waals surface area contributed by atoms with E-state index in [0.29, 0.717) is 17.1 Å². The fraction of sp³-hybridized carbons (Fsp3) is 0.440. The molecule has 2 N–H and O–H groups in total. The van der Waals surface area contributed by atoms with Gasteiger partial charge in [-0.3, -0.25) is 14.4 Å². The van der Waals surface area contributed by atoms with Crippen LogP contribution in [0.5, 0.6) is 5.75 Å². The molecule has 0 saturated heterocycles. The van der Waals surface area contributed by atoms with Crippen LogP contribution in [0.25, 0.3) is 0 Å². The zero-order valence-corrected chi connectivity index (χ0v) is 20.5. The Bertz CT molecular complexity index is 942. The highest BCUT2D eigenvalue weighted by atomic mass is 16.5. The zero-order chi connectivity index (χ0) is 25.1. The molecule has 3 amide bonds. The van der Waals surface area contributed by atoms with Crippen LogP contribution in [0.3, 0.4) is 0 Å². The first-order valence-electron chi connectivity index (χ1n) is 11.1. The van der Waals surface area contributed by atoms with E-state index in [1.165, 1.54) is 12.0 Å². The number of nitrogens with zero attached hydrogens (tertiary/aromatic N) is 2. The van der Waals surface area contributed by atoms with Gasteiger partial charge in [-0.15, -0.1) is 0 Å². The number of nitrogens with one attached hydrogen (secondary N) is 2. The molecule has 9 nitrogen and oxygen atoms in total. The Kier molecular flexibility index (Phi) is 10.0. The minimum absolute atomic E-state index is 0.0465. The number of aromatic nitrogens is 1. The number of carbonyl (C=O) groups is 3. The molecule has 0 saturated carbocycles. The van der Waals surface area contributed by atoms with Crippen LogP contribution in [0.4, 0.5) is 5.82 Å². The molecule has 9 heteroatoms. The third-order valence-electron chi connectivity index (χ3n) is 4.84. The lowest BCUT2D eigenvalue weighted by molar-refractivity contribution is -0.142. The molecular weight excluding hydrogens is 436 g/mol. The molecule has 34 heavy (non-hydrogen) atoms. The summed E-state index contributed by atoms with van der Waals surface area (Å²) in [5.74, 6) is 0.0635. The molecule has 1 aromatic carbocycles. The number of methoxy groups -OCH3 is 2. The summed E-state index contributed by atoms with van der Waals surface area (Å²) in [6.07, 6.45) is 1.45. The maximum absolute atomic E-state index is 13.3. The van der Waals surface area contributed by atoms with Crippen molar-refractivity contribution in [2.45, 2.75) is 45.2 Å². The average molecular weight is 471 g/mol. The number of pyridine rings is 1. The summed E-state index contributed by atoms with van der Waals surface area (Å²) in [5, 5.41) is 5.63. The van der Waals surface area contributed by atoms with E-state index in [0.717, 1.165) is 0 Å². The van der Waals surface area contributed by atoms with Crippen LogP contribution in [0.1, 0.15) is 45.2 Å². The summed E-state index contributed by atoms with van der Waals surface area (Å²) in [6.45, 7) is 6.05. The monoisotopic (exact) mass is 470 g/mol. The van der Waals surface area contributed by atoms with Crippen LogP contribution in [0.15, 0.2) is 48.7 Å². The standard InChI is InChI=1S/C25H34N4O5/c1-25(2,3)28-24(32)23(18-9-11-19(34-5)12-10-18)29(16-17-33-4)22(31)14-13-21(30)27-20-8-6-7-15-26-20/h6-12,15,23H,13-14,16-17H2,1-5H3,(H,28,32)(H,26,27,30)/t23-/m0/s1. The lowest BCUT2D eigenvalue weighted by Crippen LogP contribution is -2.50. The third-order valence-corrected chi connectivity index (χ3v) is 4.84. The molecule has 2 aromatic rings. The van der Waals surface area contributed by atoms with Crippen molar-refractivity contribution in [1.82, 2.24) is 15.2 Å². The van der Waals surface area contributed by atoms with Gasteiger partial charge in [0.05, 0.1) is 13.7 Å². The Morgan fingerprint density at radius 3 is 2.29 bits per heavy atom. The van der Waals surface area contributed by atoms with Gasteiger partial charge in [0, 0.05) is 38.2 Å². The summed E-state index contributed by atoms with van der Waals surface area (Å²) in [5.41, 5.74) is 0.130. The van der Waals surface area contributed by atoms with Gasteiger partial charge < -0.3 is 25.0 Å². The van der Waals surface area contributed by atoms with Crippen molar-refractivity contribution in [2.24, 2.45) is 0 Å². The summed E-state index contributed by atoms with van der Waals surface area (Å²) in [6, 6.07) is 11.3. The van der Waals surface area contributed by atoms with Crippen LogP contribution < -0.4 is 15.4 Å². The van der Waals surface area contributed by atoms with Crippen molar-refractivity contribution in [3.8, 4) is 5.75 Å². The van der Waals surface area contributed by atoms with E-state index in [-0.39, 0.29) is 43.7 Å². The summed E-state index contributed by atoms with van der Waals surface area (Å²) in [7, 11) is 3.09. The second-order valence-corrected chi connectivity index (χ2v) is 8.76. The van der Waals surface area contributed by atoms with Gasteiger partial charge in [-0.2, -0.15) is 0 Å². The van der Waals surface area contributed by atoms with Crippen LogP contribution in [-0.2, 0) is 19.1 Å². The zero-order valence-electron chi connectivity index (χ0n) is 20.5. The van der Waals surface area contributed by atoms with Crippen LogP contribution in [0.2, 0.25) is 0 Å². The lowest BCUT2D eigenvalue weighted by atomic mass is 10.0. The second kappa shape index (κ2) is 12.7. The van der Waals surface area contributed by atoms with E-state index in [1.54, 1.807) is 55.8 Å². The van der Waals surface area contributed by atoms with Gasteiger partial charge in [0.1, 0.15) is 17.6 Å². The molecule has 1 atom stereocenters. The van der Waals surface area contributed by atoms with Crippen LogP contribution in [0, 0.1) is 0 Å². The van der Waals surface area contributed by atoms with E-state index >= 15 is 0 Å². The fourth-order valence-corrected chi connectivity index (χ4v) is 3.29. The van der Waals surface area contributed by atoms with Crippen LogP contribution in [-0.4, -0.2) is 60.5 Å². The first-order chi connectivity index (χ1) is 16.1. The van der Waals surface area contributed by atoms with Gasteiger partial charge in [-0.05, 0) is 50.6 Å². The van der Waals surface area contributed by atoms with E-state index in [9.17, 15) is 14.4 Å². The minimum Gasteiger partial charge on any atom is -0.497 e. The molecule has 0 bridgehead atoms.